The number of rotatable bonds is 4. The van der Waals surface area contributed by atoms with Crippen LogP contribution in [0.4, 0.5) is 17.2 Å². The largest absolute Gasteiger partial charge is 0.399 e. The summed E-state index contributed by atoms with van der Waals surface area (Å²) in [6.07, 6.45) is 7.33. The molecule has 5 heteroatoms. The maximum Gasteiger partial charge on any atom is 0.140 e. The van der Waals surface area contributed by atoms with E-state index in [9.17, 15) is 0 Å². The Bertz CT molecular complexity index is 1100. The van der Waals surface area contributed by atoms with E-state index >= 15 is 0 Å². The zero-order valence-electron chi connectivity index (χ0n) is 22.1. The number of fused-ring (bicyclic) bond motifs is 1. The van der Waals surface area contributed by atoms with Gasteiger partial charge in [0, 0.05) is 48.9 Å². The second kappa shape index (κ2) is 11.7. The number of nitrogen functional groups attached to an aromatic ring is 1. The maximum absolute atomic E-state index is 6.12. The summed E-state index contributed by atoms with van der Waals surface area (Å²) in [6, 6.07) is 15.1. The number of para-hydroxylation sites is 1. The normalized spacial score (nSPS) is 17.7. The highest BCUT2D eigenvalue weighted by Gasteiger charge is 2.30. The molecule has 3 aromatic rings. The lowest BCUT2D eigenvalue weighted by molar-refractivity contribution is 0.499. The lowest BCUT2D eigenvalue weighted by Gasteiger charge is -2.38. The van der Waals surface area contributed by atoms with E-state index in [1.807, 2.05) is 26.0 Å². The van der Waals surface area contributed by atoms with Gasteiger partial charge < -0.3 is 15.5 Å². The van der Waals surface area contributed by atoms with Crippen molar-refractivity contribution in [2.45, 2.75) is 78.1 Å². The molecule has 6 rings (SSSR count). The Labute approximate surface area is 211 Å². The van der Waals surface area contributed by atoms with Gasteiger partial charge in [0.25, 0.3) is 0 Å². The van der Waals surface area contributed by atoms with Crippen molar-refractivity contribution in [2.75, 3.05) is 41.7 Å². The molecule has 0 atom stereocenters. The second-order valence-corrected chi connectivity index (χ2v) is 9.82. The first-order valence-corrected chi connectivity index (χ1v) is 13.8. The van der Waals surface area contributed by atoms with Crippen LogP contribution in [0.25, 0.3) is 10.9 Å². The summed E-state index contributed by atoms with van der Waals surface area (Å²) in [6.45, 7) is 12.7. The third-order valence-electron chi connectivity index (χ3n) is 7.03. The monoisotopic (exact) mass is 473 g/mol. The van der Waals surface area contributed by atoms with E-state index < -0.39 is 0 Å². The van der Waals surface area contributed by atoms with Crippen LogP contribution in [0, 0.1) is 0 Å². The minimum atomic E-state index is 0.548. The van der Waals surface area contributed by atoms with E-state index in [0.717, 1.165) is 54.2 Å². The predicted octanol–water partition coefficient (Wildman–Crippen LogP) is 7.13. The topological polar surface area (TPSA) is 58.3 Å². The molecule has 5 nitrogen and oxygen atoms in total. The summed E-state index contributed by atoms with van der Waals surface area (Å²) >= 11 is 0. The van der Waals surface area contributed by atoms with Crippen LogP contribution in [0.2, 0.25) is 0 Å². The molecule has 2 aromatic carbocycles. The van der Waals surface area contributed by atoms with Crippen LogP contribution >= 0.6 is 0 Å². The van der Waals surface area contributed by atoms with Crippen LogP contribution in [0.15, 0.2) is 42.5 Å². The first-order valence-electron chi connectivity index (χ1n) is 13.8. The highest BCUT2D eigenvalue weighted by atomic mass is 15.2. The van der Waals surface area contributed by atoms with Crippen molar-refractivity contribution in [1.29, 1.82) is 0 Å². The number of piperidine rings is 1. The minimum absolute atomic E-state index is 0.548. The Morgan fingerprint density at radius 2 is 1.51 bits per heavy atom. The predicted molar refractivity (Wildman–Crippen MR) is 151 cm³/mol. The lowest BCUT2D eigenvalue weighted by Crippen LogP contribution is -2.39. The van der Waals surface area contributed by atoms with Crippen molar-refractivity contribution in [3.63, 3.8) is 0 Å². The van der Waals surface area contributed by atoms with E-state index in [2.05, 4.69) is 54.0 Å². The fourth-order valence-electron chi connectivity index (χ4n) is 4.99. The molecule has 2 N–H and O–H groups in total. The van der Waals surface area contributed by atoms with Crippen LogP contribution in [-0.4, -0.2) is 36.1 Å². The average molecular weight is 474 g/mol. The Kier molecular flexibility index (Phi) is 8.48. The Morgan fingerprint density at radius 1 is 0.829 bits per heavy atom. The minimum Gasteiger partial charge on any atom is -0.399 e. The number of nitrogens with zero attached hydrogens (tertiary/aromatic N) is 4. The molecule has 3 heterocycles. The van der Waals surface area contributed by atoms with Crippen molar-refractivity contribution in [2.24, 2.45) is 0 Å². The van der Waals surface area contributed by atoms with Gasteiger partial charge in [0.1, 0.15) is 11.6 Å². The van der Waals surface area contributed by atoms with Crippen molar-refractivity contribution >= 4 is 28.1 Å². The van der Waals surface area contributed by atoms with Crippen LogP contribution < -0.4 is 15.5 Å². The molecule has 1 aromatic heterocycles. The maximum atomic E-state index is 6.12. The summed E-state index contributed by atoms with van der Waals surface area (Å²) in [4.78, 5) is 14.9. The average Bonchev–Trinajstić information content (AvgIpc) is 3.70. The van der Waals surface area contributed by atoms with Gasteiger partial charge in [-0.25, -0.2) is 9.97 Å². The summed E-state index contributed by atoms with van der Waals surface area (Å²) < 4.78 is 0. The van der Waals surface area contributed by atoms with Crippen LogP contribution in [-0.2, 0) is 0 Å². The molecule has 188 valence electrons. The molecule has 3 fully saturated rings. The molecular weight excluding hydrogens is 430 g/mol. The molecule has 1 saturated carbocycles. The lowest BCUT2D eigenvalue weighted by atomic mass is 9.87. The molecule has 0 radical (unpaired) electrons. The summed E-state index contributed by atoms with van der Waals surface area (Å²) in [5.74, 6) is 3.28. The SMILES string of the molecule is CC.CCC.Nc1ccc2nc(C3CC3)nc(N3CCC(c4ccccc4N4CCC4)CC3)c2c1. The van der Waals surface area contributed by atoms with E-state index in [4.69, 9.17) is 15.7 Å². The molecule has 0 unspecified atom stereocenters. The fraction of sp³-hybridized carbons (Fsp3) is 0.533. The summed E-state index contributed by atoms with van der Waals surface area (Å²) in [5, 5.41) is 1.10. The van der Waals surface area contributed by atoms with Gasteiger partial charge >= 0.3 is 0 Å². The summed E-state index contributed by atoms with van der Waals surface area (Å²) in [7, 11) is 0. The van der Waals surface area contributed by atoms with Crippen molar-refractivity contribution in [3.05, 3.63) is 53.9 Å². The number of hydrogen-bond donors (Lipinski definition) is 1. The number of aromatic nitrogens is 2. The van der Waals surface area contributed by atoms with Crippen molar-refractivity contribution in [1.82, 2.24) is 9.97 Å². The Balaban J connectivity index is 0.000000539. The Hall–Kier alpha value is -2.82. The summed E-state index contributed by atoms with van der Waals surface area (Å²) in [5.41, 5.74) is 10.9. The molecule has 2 saturated heterocycles. The second-order valence-electron chi connectivity index (χ2n) is 9.82. The third kappa shape index (κ3) is 5.71. The zero-order chi connectivity index (χ0) is 24.8. The van der Waals surface area contributed by atoms with Gasteiger partial charge in [-0.3, -0.25) is 0 Å². The Morgan fingerprint density at radius 3 is 2.14 bits per heavy atom. The molecule has 0 bridgehead atoms. The zero-order valence-corrected chi connectivity index (χ0v) is 22.1. The van der Waals surface area contributed by atoms with Gasteiger partial charge in [-0.05, 0) is 67.9 Å². The van der Waals surface area contributed by atoms with Gasteiger partial charge in [-0.1, -0.05) is 52.3 Å². The van der Waals surface area contributed by atoms with Gasteiger partial charge in [-0.2, -0.15) is 0 Å². The number of benzene rings is 2. The molecule has 1 aliphatic carbocycles. The standard InChI is InChI=1S/C25H29N5.C3H8.C2H6/c26-19-8-9-22-21(16-19)25(28-24(27-22)18-6-7-18)30-14-10-17(11-15-30)20-4-1-2-5-23(20)29-12-3-13-29;1-3-2;1-2/h1-2,4-5,8-9,16-18H,3,6-7,10-15,26H2;3H2,1-2H3;1-2H3. The third-order valence-corrected chi connectivity index (χ3v) is 7.03. The van der Waals surface area contributed by atoms with Gasteiger partial charge in [0.15, 0.2) is 0 Å². The smallest absolute Gasteiger partial charge is 0.140 e. The fourth-order valence-corrected chi connectivity index (χ4v) is 4.99. The van der Waals surface area contributed by atoms with E-state index in [1.54, 1.807) is 0 Å². The van der Waals surface area contributed by atoms with Crippen molar-refractivity contribution < 1.29 is 0 Å². The van der Waals surface area contributed by atoms with Crippen LogP contribution in [0.3, 0.4) is 0 Å². The molecule has 0 spiro atoms. The number of nitrogens with two attached hydrogens (primary N) is 1. The van der Waals surface area contributed by atoms with Crippen molar-refractivity contribution in [3.8, 4) is 0 Å². The molecule has 3 aliphatic rings. The molecule has 35 heavy (non-hydrogen) atoms. The first kappa shape index (κ1) is 25.3. The van der Waals surface area contributed by atoms with Crippen LogP contribution in [0.5, 0.6) is 0 Å². The van der Waals surface area contributed by atoms with Crippen LogP contribution in [0.1, 0.15) is 89.4 Å². The quantitative estimate of drug-likeness (QED) is 0.409. The number of hydrogen-bond acceptors (Lipinski definition) is 5. The van der Waals surface area contributed by atoms with E-state index in [-0.39, 0.29) is 0 Å². The molecular formula is C30H43N5. The van der Waals surface area contributed by atoms with E-state index in [0.29, 0.717) is 11.8 Å². The van der Waals surface area contributed by atoms with Gasteiger partial charge in [-0.15, -0.1) is 0 Å². The first-order chi connectivity index (χ1) is 17.2. The molecule has 2 aliphatic heterocycles. The van der Waals surface area contributed by atoms with E-state index in [1.165, 1.54) is 50.0 Å². The van der Waals surface area contributed by atoms with Gasteiger partial charge in [0.05, 0.1) is 5.52 Å². The molecule has 0 amide bonds. The van der Waals surface area contributed by atoms with Gasteiger partial charge in [0.2, 0.25) is 0 Å². The highest BCUT2D eigenvalue weighted by Crippen LogP contribution is 2.41. The highest BCUT2D eigenvalue weighted by molar-refractivity contribution is 5.92. The number of anilines is 3.